The number of hydrogen-bond acceptors (Lipinski definition) is 2. The van der Waals surface area contributed by atoms with Crippen LogP contribution in [-0.2, 0) is 4.79 Å². The van der Waals surface area contributed by atoms with Gasteiger partial charge in [0.1, 0.15) is 11.3 Å². The molecule has 0 saturated heterocycles. The molecular formula is C13H15ClO2. The van der Waals surface area contributed by atoms with Gasteiger partial charge in [-0.05, 0) is 50.1 Å². The largest absolute Gasteiger partial charge is 0.461 e. The molecule has 16 heavy (non-hydrogen) atoms. The Balaban J connectivity index is 0.000000280. The summed E-state index contributed by atoms with van der Waals surface area (Å²) in [5.41, 5.74) is 3.54. The molecule has 0 aliphatic carbocycles. The fourth-order valence-corrected chi connectivity index (χ4v) is 1.64. The Morgan fingerprint density at radius 2 is 1.75 bits per heavy atom. The highest BCUT2D eigenvalue weighted by Crippen LogP contribution is 2.23. The normalized spacial score (nSPS) is 9.81. The third kappa shape index (κ3) is 3.38. The van der Waals surface area contributed by atoms with Crippen LogP contribution in [0.2, 0.25) is 0 Å². The van der Waals surface area contributed by atoms with E-state index < -0.39 is 0 Å². The van der Waals surface area contributed by atoms with Crippen LogP contribution in [0, 0.1) is 20.8 Å². The number of aryl methyl sites for hydroxylation is 3. The second-order valence-electron chi connectivity index (χ2n) is 3.83. The summed E-state index contributed by atoms with van der Waals surface area (Å²) in [6.07, 6.45) is 0. The quantitative estimate of drug-likeness (QED) is 0.646. The van der Waals surface area contributed by atoms with Crippen molar-refractivity contribution in [2.75, 3.05) is 0 Å². The van der Waals surface area contributed by atoms with E-state index in [9.17, 15) is 4.79 Å². The van der Waals surface area contributed by atoms with Gasteiger partial charge in [-0.2, -0.15) is 0 Å². The summed E-state index contributed by atoms with van der Waals surface area (Å²) in [5.74, 6) is 0.985. The number of furan rings is 1. The molecule has 1 heterocycles. The summed E-state index contributed by atoms with van der Waals surface area (Å²) < 4.78 is 5.55. The summed E-state index contributed by atoms with van der Waals surface area (Å²) in [6.45, 7) is 7.46. The summed E-state index contributed by atoms with van der Waals surface area (Å²) in [7, 11) is 0. The summed E-state index contributed by atoms with van der Waals surface area (Å²) in [6, 6.07) is 6.37. The van der Waals surface area contributed by atoms with E-state index in [4.69, 9.17) is 4.42 Å². The van der Waals surface area contributed by atoms with Crippen LogP contribution in [0.15, 0.2) is 22.6 Å². The van der Waals surface area contributed by atoms with Gasteiger partial charge in [0.05, 0.1) is 0 Å². The molecule has 1 aromatic carbocycles. The summed E-state index contributed by atoms with van der Waals surface area (Å²) in [5, 5.41) is 0.852. The number of halogens is 1. The second-order valence-corrected chi connectivity index (χ2v) is 4.36. The van der Waals surface area contributed by atoms with Gasteiger partial charge in [-0.15, -0.1) is 0 Å². The molecule has 0 radical (unpaired) electrons. The average Bonchev–Trinajstić information content (AvgIpc) is 2.44. The molecule has 0 spiro atoms. The van der Waals surface area contributed by atoms with Crippen LogP contribution < -0.4 is 0 Å². The van der Waals surface area contributed by atoms with Crippen molar-refractivity contribution in [1.82, 2.24) is 0 Å². The molecule has 2 nitrogen and oxygen atoms in total. The highest BCUT2D eigenvalue weighted by atomic mass is 35.5. The Labute approximate surface area is 100 Å². The number of carbonyl (C=O) groups is 1. The molecule has 0 N–H and O–H groups in total. The predicted octanol–water partition coefficient (Wildman–Crippen LogP) is 4.13. The van der Waals surface area contributed by atoms with Crippen molar-refractivity contribution < 1.29 is 9.21 Å². The van der Waals surface area contributed by atoms with Crippen LogP contribution in [0.3, 0.4) is 0 Å². The highest BCUT2D eigenvalue weighted by Gasteiger charge is 2.03. The Kier molecular flexibility index (Phi) is 4.13. The van der Waals surface area contributed by atoms with E-state index in [0.29, 0.717) is 0 Å². The van der Waals surface area contributed by atoms with Crippen LogP contribution in [0.4, 0.5) is 0 Å². The monoisotopic (exact) mass is 238 g/mol. The SMILES string of the molecule is CC(=O)Cl.Cc1cc(C)c2oc(C)cc2c1. The van der Waals surface area contributed by atoms with Gasteiger partial charge in [-0.3, -0.25) is 4.79 Å². The lowest BCUT2D eigenvalue weighted by Crippen LogP contribution is -1.76. The van der Waals surface area contributed by atoms with Crippen LogP contribution >= 0.6 is 11.6 Å². The van der Waals surface area contributed by atoms with Gasteiger partial charge in [-0.1, -0.05) is 11.6 Å². The molecular weight excluding hydrogens is 224 g/mol. The number of fused-ring (bicyclic) bond motifs is 1. The van der Waals surface area contributed by atoms with E-state index in [2.05, 4.69) is 43.6 Å². The third-order valence-electron chi connectivity index (χ3n) is 2.07. The van der Waals surface area contributed by atoms with E-state index in [1.54, 1.807) is 0 Å². The minimum absolute atomic E-state index is 0.361. The van der Waals surface area contributed by atoms with E-state index >= 15 is 0 Å². The molecule has 3 heteroatoms. The van der Waals surface area contributed by atoms with Crippen LogP contribution in [0.25, 0.3) is 11.0 Å². The fraction of sp³-hybridized carbons (Fsp3) is 0.308. The third-order valence-corrected chi connectivity index (χ3v) is 2.07. The van der Waals surface area contributed by atoms with Crippen LogP contribution in [0.5, 0.6) is 0 Å². The predicted molar refractivity (Wildman–Crippen MR) is 67.0 cm³/mol. The van der Waals surface area contributed by atoms with E-state index in [1.165, 1.54) is 23.4 Å². The zero-order valence-corrected chi connectivity index (χ0v) is 10.7. The maximum atomic E-state index is 9.21. The number of carbonyl (C=O) groups excluding carboxylic acids is 1. The van der Waals surface area contributed by atoms with Crippen LogP contribution in [0.1, 0.15) is 23.8 Å². The molecule has 0 atom stereocenters. The van der Waals surface area contributed by atoms with Crippen LogP contribution in [-0.4, -0.2) is 5.24 Å². The maximum Gasteiger partial charge on any atom is 0.218 e. The Morgan fingerprint density at radius 1 is 1.19 bits per heavy atom. The molecule has 2 rings (SSSR count). The lowest BCUT2D eigenvalue weighted by molar-refractivity contribution is -0.109. The molecule has 1 aromatic heterocycles. The molecule has 0 fully saturated rings. The van der Waals surface area contributed by atoms with Crippen molar-refractivity contribution in [1.29, 1.82) is 0 Å². The van der Waals surface area contributed by atoms with Gasteiger partial charge < -0.3 is 4.42 Å². The number of hydrogen-bond donors (Lipinski definition) is 0. The molecule has 0 bridgehead atoms. The van der Waals surface area contributed by atoms with Gasteiger partial charge in [-0.25, -0.2) is 0 Å². The summed E-state index contributed by atoms with van der Waals surface area (Å²) >= 11 is 4.64. The molecule has 86 valence electrons. The number of rotatable bonds is 0. The molecule has 0 aliphatic rings. The zero-order chi connectivity index (χ0) is 12.3. The van der Waals surface area contributed by atoms with E-state index in [0.717, 1.165) is 11.3 Å². The first-order valence-corrected chi connectivity index (χ1v) is 5.41. The van der Waals surface area contributed by atoms with Crippen molar-refractivity contribution in [2.24, 2.45) is 0 Å². The Hall–Kier alpha value is -1.28. The highest BCUT2D eigenvalue weighted by molar-refractivity contribution is 6.62. The lowest BCUT2D eigenvalue weighted by Gasteiger charge is -1.96. The van der Waals surface area contributed by atoms with Crippen molar-refractivity contribution in [3.63, 3.8) is 0 Å². The maximum absolute atomic E-state index is 9.21. The zero-order valence-electron chi connectivity index (χ0n) is 9.93. The standard InChI is InChI=1S/C11H12O.C2H3ClO/c1-7-4-8(2)11-10(5-7)6-9(3)12-11;1-2(3)4/h4-6H,1-3H3;1H3. The molecule has 0 aliphatic heterocycles. The van der Waals surface area contributed by atoms with Gasteiger partial charge in [0.2, 0.25) is 5.24 Å². The van der Waals surface area contributed by atoms with Crippen molar-refractivity contribution in [2.45, 2.75) is 27.7 Å². The van der Waals surface area contributed by atoms with Crippen molar-refractivity contribution >= 4 is 27.8 Å². The van der Waals surface area contributed by atoms with Crippen molar-refractivity contribution in [3.8, 4) is 0 Å². The average molecular weight is 239 g/mol. The van der Waals surface area contributed by atoms with E-state index in [-0.39, 0.29) is 5.24 Å². The summed E-state index contributed by atoms with van der Waals surface area (Å²) in [4.78, 5) is 9.21. The van der Waals surface area contributed by atoms with Gasteiger partial charge in [0, 0.05) is 12.3 Å². The minimum Gasteiger partial charge on any atom is -0.461 e. The minimum atomic E-state index is -0.361. The second kappa shape index (κ2) is 5.17. The molecule has 0 saturated carbocycles. The van der Waals surface area contributed by atoms with E-state index in [1.807, 2.05) is 6.92 Å². The Bertz CT molecular complexity index is 508. The fourth-order valence-electron chi connectivity index (χ4n) is 1.64. The van der Waals surface area contributed by atoms with Gasteiger partial charge in [0.25, 0.3) is 0 Å². The first kappa shape index (κ1) is 12.8. The van der Waals surface area contributed by atoms with Gasteiger partial charge in [0.15, 0.2) is 0 Å². The van der Waals surface area contributed by atoms with Crippen molar-refractivity contribution in [3.05, 3.63) is 35.1 Å². The first-order valence-electron chi connectivity index (χ1n) is 5.03. The Morgan fingerprint density at radius 3 is 2.31 bits per heavy atom. The topological polar surface area (TPSA) is 30.2 Å². The smallest absolute Gasteiger partial charge is 0.218 e. The lowest BCUT2D eigenvalue weighted by atomic mass is 10.1. The molecule has 0 amide bonds. The number of benzene rings is 1. The van der Waals surface area contributed by atoms with Gasteiger partial charge >= 0.3 is 0 Å². The first-order chi connectivity index (χ1) is 7.40. The molecule has 2 aromatic rings. The molecule has 0 unspecified atom stereocenters.